The van der Waals surface area contributed by atoms with E-state index in [1.165, 1.54) is 13.0 Å². The van der Waals surface area contributed by atoms with E-state index in [1.807, 2.05) is 31.0 Å². The van der Waals surface area contributed by atoms with Crippen LogP contribution in [-0.4, -0.2) is 52.8 Å². The van der Waals surface area contributed by atoms with Gasteiger partial charge >= 0.3 is 6.30 Å². The van der Waals surface area contributed by atoms with Gasteiger partial charge in [0.05, 0.1) is 24.1 Å². The molecule has 2 aliphatic rings. The fourth-order valence-electron chi connectivity index (χ4n) is 4.88. The third kappa shape index (κ3) is 3.22. The largest absolute Gasteiger partial charge is 0.489 e. The summed E-state index contributed by atoms with van der Waals surface area (Å²) in [5, 5.41) is 12.9. The first-order chi connectivity index (χ1) is 14.2. The van der Waals surface area contributed by atoms with Gasteiger partial charge in [-0.3, -0.25) is 14.3 Å². The van der Waals surface area contributed by atoms with Crippen molar-refractivity contribution in [2.45, 2.75) is 45.1 Å². The van der Waals surface area contributed by atoms with Crippen LogP contribution in [0.2, 0.25) is 0 Å². The second kappa shape index (κ2) is 7.42. The van der Waals surface area contributed by atoms with Crippen molar-refractivity contribution in [2.24, 2.45) is 5.92 Å². The zero-order valence-electron chi connectivity index (χ0n) is 17.3. The lowest BCUT2D eigenvalue weighted by Gasteiger charge is -2.39. The van der Waals surface area contributed by atoms with Crippen molar-refractivity contribution in [1.82, 2.24) is 14.8 Å². The van der Waals surface area contributed by atoms with Crippen LogP contribution in [0, 0.1) is 12.8 Å². The van der Waals surface area contributed by atoms with Gasteiger partial charge in [0.1, 0.15) is 0 Å². The summed E-state index contributed by atoms with van der Waals surface area (Å²) >= 11 is 0. The minimum Gasteiger partial charge on any atom is -0.394 e. The Balaban J connectivity index is 1.82. The minimum absolute atomic E-state index is 0.0743. The number of halogens is 3. The number of likely N-dealkylation sites (N-methyl/N-ethyl adjacent to an activating group) is 1. The van der Waals surface area contributed by atoms with Crippen LogP contribution in [0.4, 0.5) is 13.2 Å². The zero-order valence-corrected chi connectivity index (χ0v) is 17.3. The molecule has 0 radical (unpaired) electrons. The van der Waals surface area contributed by atoms with E-state index in [4.69, 9.17) is 0 Å². The van der Waals surface area contributed by atoms with Crippen molar-refractivity contribution in [2.75, 3.05) is 20.2 Å². The van der Waals surface area contributed by atoms with Crippen molar-refractivity contribution in [3.63, 3.8) is 0 Å². The molecule has 0 bridgehead atoms. The number of fused-ring (bicyclic) bond motifs is 2. The average Bonchev–Trinajstić information content (AvgIpc) is 2.99. The average molecular weight is 421 g/mol. The molecule has 2 heterocycles. The summed E-state index contributed by atoms with van der Waals surface area (Å²) in [5.41, 5.74) is 2.78. The Labute approximate surface area is 173 Å². The smallest absolute Gasteiger partial charge is 0.394 e. The highest BCUT2D eigenvalue weighted by atomic mass is 19.4. The van der Waals surface area contributed by atoms with Crippen LogP contribution < -0.4 is 5.32 Å². The van der Waals surface area contributed by atoms with Gasteiger partial charge in [0.25, 0.3) is 0 Å². The summed E-state index contributed by atoms with van der Waals surface area (Å²) in [6.07, 6.45) is -1.48. The zero-order chi connectivity index (χ0) is 21.8. The lowest BCUT2D eigenvalue weighted by Crippen LogP contribution is -2.48. The molecule has 3 atom stereocenters. The molecule has 162 valence electrons. The number of carbonyl (C=O) groups is 1. The van der Waals surface area contributed by atoms with Gasteiger partial charge in [-0.25, -0.2) is 0 Å². The number of nitrogens with one attached hydrogen (secondary N) is 1. The summed E-state index contributed by atoms with van der Waals surface area (Å²) in [6.45, 7) is 3.77. The highest BCUT2D eigenvalue weighted by Crippen LogP contribution is 2.45. The fourth-order valence-corrected chi connectivity index (χ4v) is 4.88. The van der Waals surface area contributed by atoms with Gasteiger partial charge < -0.3 is 10.4 Å². The van der Waals surface area contributed by atoms with Crippen molar-refractivity contribution in [1.29, 1.82) is 0 Å². The molecule has 0 fully saturated rings. The highest BCUT2D eigenvalue weighted by molar-refractivity contribution is 6.00. The number of benzene rings is 1. The van der Waals surface area contributed by atoms with E-state index < -0.39 is 12.2 Å². The predicted molar refractivity (Wildman–Crippen MR) is 109 cm³/mol. The SMILES string of the molecule is CCC(CO)NC(=O)C1C=C2c3cccc4c3c(c(C)n4C(F)(F)F)CC2N(C)C1. The Morgan fingerprint density at radius 2 is 2.10 bits per heavy atom. The quantitative estimate of drug-likeness (QED) is 0.797. The van der Waals surface area contributed by atoms with Crippen LogP contribution >= 0.6 is 0 Å². The lowest BCUT2D eigenvalue weighted by atomic mass is 9.79. The number of nitrogens with zero attached hydrogens (tertiary/aromatic N) is 2. The monoisotopic (exact) mass is 421 g/mol. The Morgan fingerprint density at radius 1 is 1.37 bits per heavy atom. The molecule has 1 aliphatic heterocycles. The molecular weight excluding hydrogens is 395 g/mol. The van der Waals surface area contributed by atoms with Gasteiger partial charge in [-0.05, 0) is 49.6 Å². The first kappa shape index (κ1) is 20.9. The molecule has 0 spiro atoms. The van der Waals surface area contributed by atoms with Gasteiger partial charge in [-0.15, -0.1) is 13.2 Å². The maximum absolute atomic E-state index is 13.7. The number of carbonyl (C=O) groups excluding carboxylic acids is 1. The molecule has 4 rings (SSSR count). The topological polar surface area (TPSA) is 57.5 Å². The standard InChI is InChI=1S/C22H26F3N3O2/c1-4-14(11-29)26-21(30)13-8-17-15-6-5-7-18-20(15)16(9-19(17)27(3)10-13)12(2)28(18)22(23,24)25/h5-8,13-14,19,29H,4,9-11H2,1-3H3,(H,26,30). The summed E-state index contributed by atoms with van der Waals surface area (Å²) in [6, 6.07) is 4.63. The summed E-state index contributed by atoms with van der Waals surface area (Å²) in [7, 11) is 1.91. The number of alkyl halides is 3. The predicted octanol–water partition coefficient (Wildman–Crippen LogP) is 3.18. The molecule has 1 aromatic heterocycles. The third-order valence-corrected chi connectivity index (χ3v) is 6.47. The van der Waals surface area contributed by atoms with Crippen LogP contribution in [0.25, 0.3) is 16.5 Å². The lowest BCUT2D eigenvalue weighted by molar-refractivity contribution is -0.201. The Bertz CT molecular complexity index is 1020. The molecule has 0 saturated heterocycles. The number of aliphatic hydroxyl groups excluding tert-OH is 1. The molecule has 5 nitrogen and oxygen atoms in total. The number of amides is 1. The minimum atomic E-state index is -4.49. The van der Waals surface area contributed by atoms with Crippen LogP contribution in [0.15, 0.2) is 24.3 Å². The Kier molecular flexibility index (Phi) is 5.18. The van der Waals surface area contributed by atoms with E-state index >= 15 is 0 Å². The molecule has 1 aliphatic carbocycles. The first-order valence-corrected chi connectivity index (χ1v) is 10.2. The van der Waals surface area contributed by atoms with Gasteiger partial charge in [-0.1, -0.05) is 25.1 Å². The maximum atomic E-state index is 13.7. The first-order valence-electron chi connectivity index (χ1n) is 10.2. The van der Waals surface area contributed by atoms with Gasteiger partial charge in [-0.2, -0.15) is 0 Å². The summed E-state index contributed by atoms with van der Waals surface area (Å²) in [5.74, 6) is -0.597. The van der Waals surface area contributed by atoms with Crippen LogP contribution in [0.5, 0.6) is 0 Å². The molecule has 1 aromatic carbocycles. The van der Waals surface area contributed by atoms with E-state index in [0.29, 0.717) is 29.3 Å². The number of hydrogen-bond acceptors (Lipinski definition) is 3. The van der Waals surface area contributed by atoms with Gasteiger partial charge in [0, 0.05) is 23.7 Å². The summed E-state index contributed by atoms with van der Waals surface area (Å²) in [4.78, 5) is 14.8. The van der Waals surface area contributed by atoms with E-state index in [9.17, 15) is 23.1 Å². The second-order valence-electron chi connectivity index (χ2n) is 8.25. The highest BCUT2D eigenvalue weighted by Gasteiger charge is 2.41. The van der Waals surface area contributed by atoms with Gasteiger partial charge in [0.2, 0.25) is 5.91 Å². The van der Waals surface area contributed by atoms with Crippen molar-refractivity contribution < 1.29 is 23.1 Å². The summed E-state index contributed by atoms with van der Waals surface area (Å²) < 4.78 is 41.7. The van der Waals surface area contributed by atoms with Crippen LogP contribution in [0.3, 0.4) is 0 Å². The van der Waals surface area contributed by atoms with E-state index in [0.717, 1.165) is 16.7 Å². The molecule has 2 N–H and O–H groups in total. The number of rotatable bonds is 4. The molecule has 1 amide bonds. The number of aromatic nitrogens is 1. The number of aliphatic hydroxyl groups is 1. The molecule has 3 unspecified atom stereocenters. The molecule has 8 heteroatoms. The van der Waals surface area contributed by atoms with E-state index in [-0.39, 0.29) is 35.8 Å². The van der Waals surface area contributed by atoms with Crippen molar-refractivity contribution >= 4 is 22.4 Å². The molecular formula is C22H26F3N3O2. The Morgan fingerprint density at radius 3 is 2.73 bits per heavy atom. The normalized spacial score (nSPS) is 22.6. The van der Waals surface area contributed by atoms with Crippen LogP contribution in [0.1, 0.15) is 30.2 Å². The molecule has 0 saturated carbocycles. The molecule has 30 heavy (non-hydrogen) atoms. The van der Waals surface area contributed by atoms with E-state index in [1.54, 1.807) is 6.07 Å². The third-order valence-electron chi connectivity index (χ3n) is 6.47. The Hall–Kier alpha value is -2.32. The van der Waals surface area contributed by atoms with Crippen LogP contribution in [-0.2, 0) is 17.5 Å². The second-order valence-corrected chi connectivity index (χ2v) is 8.25. The fraction of sp³-hybridized carbons (Fsp3) is 0.500. The maximum Gasteiger partial charge on any atom is 0.489 e. The van der Waals surface area contributed by atoms with E-state index in [2.05, 4.69) is 5.32 Å². The van der Waals surface area contributed by atoms with Gasteiger partial charge in [0.15, 0.2) is 0 Å². The van der Waals surface area contributed by atoms with Crippen molar-refractivity contribution in [3.05, 3.63) is 41.1 Å². The van der Waals surface area contributed by atoms with Crippen molar-refractivity contribution in [3.8, 4) is 0 Å². The molecule has 2 aromatic rings. The number of hydrogen-bond donors (Lipinski definition) is 2.